The van der Waals surface area contributed by atoms with Crippen molar-refractivity contribution < 1.29 is 9.59 Å². The van der Waals surface area contributed by atoms with Crippen LogP contribution in [0.4, 0.5) is 0 Å². The lowest BCUT2D eigenvalue weighted by molar-refractivity contribution is -0.123. The Bertz CT molecular complexity index is 252. The van der Waals surface area contributed by atoms with Crippen molar-refractivity contribution in [1.82, 2.24) is 10.6 Å². The summed E-state index contributed by atoms with van der Waals surface area (Å²) < 4.78 is 0. The van der Waals surface area contributed by atoms with Gasteiger partial charge in [0.2, 0.25) is 11.8 Å². The van der Waals surface area contributed by atoms with Gasteiger partial charge in [0.1, 0.15) is 0 Å². The van der Waals surface area contributed by atoms with Crippen molar-refractivity contribution in [2.75, 3.05) is 13.1 Å². The molecule has 5 nitrogen and oxygen atoms in total. The van der Waals surface area contributed by atoms with Gasteiger partial charge in [0.15, 0.2) is 0 Å². The number of carbonyl (C=O) groups is 2. The topological polar surface area (TPSA) is 84.2 Å². The van der Waals surface area contributed by atoms with Gasteiger partial charge in [-0.15, -0.1) is 0 Å². The van der Waals surface area contributed by atoms with E-state index in [1.54, 1.807) is 0 Å². The van der Waals surface area contributed by atoms with Crippen molar-refractivity contribution in [1.29, 1.82) is 0 Å². The highest BCUT2D eigenvalue weighted by Gasteiger charge is 2.17. The van der Waals surface area contributed by atoms with Crippen LogP contribution in [0.15, 0.2) is 0 Å². The minimum atomic E-state index is -0.373. The van der Waals surface area contributed by atoms with Crippen molar-refractivity contribution in [3.05, 3.63) is 0 Å². The maximum atomic E-state index is 11.5. The Kier molecular flexibility index (Phi) is 7.54. The largest absolute Gasteiger partial charge is 0.356 e. The van der Waals surface area contributed by atoms with Gasteiger partial charge < -0.3 is 16.4 Å². The number of amides is 2. The molecule has 0 heterocycles. The van der Waals surface area contributed by atoms with Crippen LogP contribution in [0.25, 0.3) is 0 Å². The monoisotopic (exact) mass is 243 g/mol. The normalized spacial score (nSPS) is 11.1. The number of hydrogen-bond acceptors (Lipinski definition) is 3. The zero-order chi connectivity index (χ0) is 13.3. The molecular weight excluding hydrogens is 218 g/mol. The second kappa shape index (κ2) is 8.06. The van der Waals surface area contributed by atoms with Gasteiger partial charge in [0.05, 0.1) is 0 Å². The van der Waals surface area contributed by atoms with E-state index < -0.39 is 0 Å². The summed E-state index contributed by atoms with van der Waals surface area (Å²) in [5.41, 5.74) is 5.13. The summed E-state index contributed by atoms with van der Waals surface area (Å²) in [6.45, 7) is 6.85. The third-order valence-corrected chi connectivity index (χ3v) is 2.37. The molecule has 4 N–H and O–H groups in total. The Balaban J connectivity index is 3.68. The lowest BCUT2D eigenvalue weighted by Crippen LogP contribution is -2.48. The highest BCUT2D eigenvalue weighted by Crippen LogP contribution is 2.01. The molecule has 0 aromatic heterocycles. The molecule has 0 unspecified atom stereocenters. The van der Waals surface area contributed by atoms with Gasteiger partial charge in [-0.25, -0.2) is 0 Å². The number of hydrogen-bond donors (Lipinski definition) is 3. The molecule has 0 atom stereocenters. The van der Waals surface area contributed by atoms with E-state index in [4.69, 9.17) is 5.73 Å². The van der Waals surface area contributed by atoms with Gasteiger partial charge in [-0.3, -0.25) is 9.59 Å². The van der Waals surface area contributed by atoms with Gasteiger partial charge in [0, 0.05) is 31.5 Å². The Morgan fingerprint density at radius 3 is 2.29 bits per heavy atom. The zero-order valence-corrected chi connectivity index (χ0v) is 11.1. The zero-order valence-electron chi connectivity index (χ0n) is 11.1. The first-order valence-electron chi connectivity index (χ1n) is 6.19. The second-order valence-electron chi connectivity index (χ2n) is 4.84. The second-order valence-corrected chi connectivity index (χ2v) is 4.84. The molecule has 0 aromatic carbocycles. The SMILES string of the molecule is CCCNC(=O)CCCC(=O)NC(C)(C)CN. The van der Waals surface area contributed by atoms with Crippen molar-refractivity contribution in [2.24, 2.45) is 5.73 Å². The molecule has 0 fully saturated rings. The van der Waals surface area contributed by atoms with Crippen molar-refractivity contribution in [3.8, 4) is 0 Å². The maximum Gasteiger partial charge on any atom is 0.220 e. The average molecular weight is 243 g/mol. The van der Waals surface area contributed by atoms with E-state index in [0.29, 0.717) is 32.4 Å². The van der Waals surface area contributed by atoms with E-state index in [9.17, 15) is 9.59 Å². The molecule has 0 aliphatic heterocycles. The molecule has 0 saturated carbocycles. The first-order chi connectivity index (χ1) is 7.91. The molecule has 5 heteroatoms. The molecule has 0 radical (unpaired) electrons. The lowest BCUT2D eigenvalue weighted by Gasteiger charge is -2.24. The molecular formula is C12H25N3O2. The summed E-state index contributed by atoms with van der Waals surface area (Å²) in [6, 6.07) is 0. The summed E-state index contributed by atoms with van der Waals surface area (Å²) >= 11 is 0. The van der Waals surface area contributed by atoms with Crippen LogP contribution < -0.4 is 16.4 Å². The summed E-state index contributed by atoms with van der Waals surface area (Å²) in [5, 5.41) is 5.60. The maximum absolute atomic E-state index is 11.5. The molecule has 0 aliphatic rings. The summed E-state index contributed by atoms with van der Waals surface area (Å²) in [5.74, 6) is -0.0403. The Labute approximate surface area is 104 Å². The fourth-order valence-electron chi connectivity index (χ4n) is 1.25. The van der Waals surface area contributed by atoms with Crippen LogP contribution >= 0.6 is 0 Å². The third kappa shape index (κ3) is 8.68. The number of rotatable bonds is 8. The summed E-state index contributed by atoms with van der Waals surface area (Å²) in [4.78, 5) is 22.8. The number of nitrogens with two attached hydrogens (primary N) is 1. The highest BCUT2D eigenvalue weighted by molar-refractivity contribution is 5.79. The molecule has 0 aliphatic carbocycles. The fraction of sp³-hybridized carbons (Fsp3) is 0.833. The predicted molar refractivity (Wildman–Crippen MR) is 68.4 cm³/mol. The smallest absolute Gasteiger partial charge is 0.220 e. The Morgan fingerprint density at radius 1 is 1.18 bits per heavy atom. The molecule has 0 saturated heterocycles. The standard InChI is InChI=1S/C12H25N3O2/c1-4-8-14-10(16)6-5-7-11(17)15-12(2,3)9-13/h4-9,13H2,1-3H3,(H,14,16)(H,15,17). The van der Waals surface area contributed by atoms with Gasteiger partial charge in [-0.1, -0.05) is 6.92 Å². The average Bonchev–Trinajstić information content (AvgIpc) is 2.25. The first-order valence-corrected chi connectivity index (χ1v) is 6.19. The molecule has 0 aromatic rings. The van der Waals surface area contributed by atoms with E-state index >= 15 is 0 Å². The third-order valence-electron chi connectivity index (χ3n) is 2.37. The van der Waals surface area contributed by atoms with Gasteiger partial charge in [-0.2, -0.15) is 0 Å². The predicted octanol–water partition coefficient (Wildman–Crippen LogP) is 0.536. The van der Waals surface area contributed by atoms with E-state index in [1.807, 2.05) is 20.8 Å². The van der Waals surface area contributed by atoms with Crippen LogP contribution in [0.5, 0.6) is 0 Å². The van der Waals surface area contributed by atoms with Gasteiger partial charge >= 0.3 is 0 Å². The van der Waals surface area contributed by atoms with E-state index in [1.165, 1.54) is 0 Å². The van der Waals surface area contributed by atoms with Gasteiger partial charge in [0.25, 0.3) is 0 Å². The van der Waals surface area contributed by atoms with E-state index in [0.717, 1.165) is 6.42 Å². The molecule has 17 heavy (non-hydrogen) atoms. The minimum Gasteiger partial charge on any atom is -0.356 e. The molecule has 0 rings (SSSR count). The first kappa shape index (κ1) is 15.9. The van der Waals surface area contributed by atoms with E-state index in [2.05, 4.69) is 10.6 Å². The Morgan fingerprint density at radius 2 is 1.76 bits per heavy atom. The van der Waals surface area contributed by atoms with E-state index in [-0.39, 0.29) is 17.4 Å². The highest BCUT2D eigenvalue weighted by atomic mass is 16.2. The minimum absolute atomic E-state index is 0.0118. The summed E-state index contributed by atoms with van der Waals surface area (Å²) in [7, 11) is 0. The molecule has 0 bridgehead atoms. The van der Waals surface area contributed by atoms with Crippen LogP contribution in [-0.2, 0) is 9.59 Å². The lowest BCUT2D eigenvalue weighted by atomic mass is 10.1. The molecule has 0 spiro atoms. The van der Waals surface area contributed by atoms with Gasteiger partial charge in [-0.05, 0) is 26.7 Å². The number of carbonyl (C=O) groups excluding carboxylic acids is 2. The fourth-order valence-corrected chi connectivity index (χ4v) is 1.25. The molecule has 100 valence electrons. The quantitative estimate of drug-likeness (QED) is 0.581. The van der Waals surface area contributed by atoms with Crippen LogP contribution in [-0.4, -0.2) is 30.4 Å². The molecule has 2 amide bonds. The van der Waals surface area contributed by atoms with Crippen LogP contribution in [0.3, 0.4) is 0 Å². The summed E-state index contributed by atoms with van der Waals surface area (Å²) in [6.07, 6.45) is 2.26. The van der Waals surface area contributed by atoms with Crippen molar-refractivity contribution in [2.45, 2.75) is 52.0 Å². The van der Waals surface area contributed by atoms with Crippen molar-refractivity contribution >= 4 is 11.8 Å². The van der Waals surface area contributed by atoms with Crippen molar-refractivity contribution in [3.63, 3.8) is 0 Å². The Hall–Kier alpha value is -1.10. The van der Waals surface area contributed by atoms with Crippen LogP contribution in [0.2, 0.25) is 0 Å². The van der Waals surface area contributed by atoms with Crippen LogP contribution in [0, 0.1) is 0 Å². The number of nitrogens with one attached hydrogen (secondary N) is 2. The van der Waals surface area contributed by atoms with Crippen LogP contribution in [0.1, 0.15) is 46.5 Å².